The summed E-state index contributed by atoms with van der Waals surface area (Å²) in [6, 6.07) is 0. The third kappa shape index (κ3) is 6.00. The Labute approximate surface area is 65.2 Å². The maximum absolute atomic E-state index is 7.51. The molecule has 0 bridgehead atoms. The fourth-order valence-electron chi connectivity index (χ4n) is 0.125. The van der Waals surface area contributed by atoms with E-state index in [-0.39, 0.29) is 0 Å². The van der Waals surface area contributed by atoms with Crippen molar-refractivity contribution in [2.45, 2.75) is 45.6 Å². The topological polar surface area (TPSA) is 0 Å². The molecule has 0 atom stereocenters. The fraction of sp³-hybridized carbons (Fsp3) is 1.00. The van der Waals surface area contributed by atoms with Crippen molar-refractivity contribution in [3.05, 3.63) is 0 Å². The van der Waals surface area contributed by atoms with Crippen LogP contribution in [0.4, 0.5) is 0 Å². The van der Waals surface area contributed by atoms with Gasteiger partial charge in [0.1, 0.15) is 0 Å². The second kappa shape index (κ2) is 6.00. The summed E-state index contributed by atoms with van der Waals surface area (Å²) in [7, 11) is 0. The standard InChI is InChI=1S/C7H16/c1-3-5-7-6-4-2/h3-7H2,1-2H3/i1D3,3D2,4D2,5D2,6D2,7D2. The Morgan fingerprint density at radius 1 is 1.29 bits per heavy atom. The van der Waals surface area contributed by atoms with E-state index in [0.29, 0.717) is 6.92 Å². The van der Waals surface area contributed by atoms with E-state index in [4.69, 9.17) is 17.8 Å². The molecule has 0 aromatic rings. The smallest absolute Gasteiger partial charge is 0.0267 e. The molecule has 0 saturated heterocycles. The van der Waals surface area contributed by atoms with E-state index in [2.05, 4.69) is 0 Å². The molecule has 0 spiro atoms. The maximum Gasteiger partial charge on any atom is 0.0267 e. The van der Waals surface area contributed by atoms with Crippen LogP contribution >= 0.6 is 0 Å². The highest BCUT2D eigenvalue weighted by molar-refractivity contribution is 4.35. The SMILES string of the molecule is [2H]C([2H])([2H])C([2H])([2H])C([2H])([2H])C([2H])([2H])C([2H])([2H])C([2H])([2H])C. The molecule has 0 heteroatoms. The van der Waals surface area contributed by atoms with Crippen LogP contribution in [-0.2, 0) is 0 Å². The normalized spacial score (nSPS) is 49.0. The fourth-order valence-corrected chi connectivity index (χ4v) is 0.125. The van der Waals surface area contributed by atoms with Gasteiger partial charge in [-0.2, -0.15) is 0 Å². The Balaban J connectivity index is 6.08. The monoisotopic (exact) mass is 113 g/mol. The predicted molar refractivity (Wildman–Crippen MR) is 34.4 cm³/mol. The third-order valence-corrected chi connectivity index (χ3v) is 0.312. The van der Waals surface area contributed by atoms with Crippen molar-refractivity contribution in [2.24, 2.45) is 0 Å². The van der Waals surface area contributed by atoms with Gasteiger partial charge in [0.15, 0.2) is 0 Å². The molecular formula is C7H16. The van der Waals surface area contributed by atoms with Gasteiger partial charge in [0.05, 0.1) is 0 Å². The summed E-state index contributed by atoms with van der Waals surface area (Å²) >= 11 is 0. The van der Waals surface area contributed by atoms with Gasteiger partial charge in [-0.15, -0.1) is 0 Å². The largest absolute Gasteiger partial charge is 0.0654 e. The van der Waals surface area contributed by atoms with E-state index < -0.39 is 38.7 Å². The molecule has 44 valence electrons. The van der Waals surface area contributed by atoms with Crippen molar-refractivity contribution in [2.75, 3.05) is 0 Å². The highest BCUT2D eigenvalue weighted by Gasteiger charge is 1.80. The van der Waals surface area contributed by atoms with Gasteiger partial charge in [-0.1, -0.05) is 45.6 Å². The van der Waals surface area contributed by atoms with E-state index in [1.165, 1.54) is 0 Å². The molecule has 0 unspecified atom stereocenters. The molecule has 0 nitrogen and oxygen atoms in total. The molecule has 0 aliphatic carbocycles. The zero-order valence-electron chi connectivity index (χ0n) is 17.0. The molecule has 0 saturated carbocycles. The first-order valence-corrected chi connectivity index (χ1v) is 1.75. The van der Waals surface area contributed by atoms with Gasteiger partial charge in [-0.05, 0) is 0 Å². The van der Waals surface area contributed by atoms with E-state index >= 15 is 0 Å². The van der Waals surface area contributed by atoms with Crippen LogP contribution < -0.4 is 0 Å². The molecule has 7 heavy (non-hydrogen) atoms. The quantitative estimate of drug-likeness (QED) is 0.526. The molecule has 0 aliphatic rings. The van der Waals surface area contributed by atoms with Crippen LogP contribution in [0.5, 0.6) is 0 Å². The van der Waals surface area contributed by atoms with Crippen molar-refractivity contribution in [1.29, 1.82) is 0 Å². The van der Waals surface area contributed by atoms with Crippen LogP contribution in [0.15, 0.2) is 0 Å². The Bertz CT molecular complexity index is 320. The van der Waals surface area contributed by atoms with Crippen LogP contribution in [0, 0.1) is 0 Å². The molecule has 0 aromatic carbocycles. The summed E-state index contributed by atoms with van der Waals surface area (Å²) in [4.78, 5) is 0. The second-order valence-corrected chi connectivity index (χ2v) is 0.750. The van der Waals surface area contributed by atoms with Crippen molar-refractivity contribution in [3.8, 4) is 0 Å². The van der Waals surface area contributed by atoms with Gasteiger partial charge in [-0.25, -0.2) is 0 Å². The highest BCUT2D eigenvalue weighted by atomic mass is 13.9. The van der Waals surface area contributed by atoms with Crippen molar-refractivity contribution >= 4 is 0 Å². The van der Waals surface area contributed by atoms with Crippen LogP contribution in [0.1, 0.15) is 63.5 Å². The summed E-state index contributed by atoms with van der Waals surface area (Å²) in [6.45, 7) is -2.87. The zero-order valence-corrected chi connectivity index (χ0v) is 4.00. The zero-order chi connectivity index (χ0) is 17.0. The van der Waals surface area contributed by atoms with Crippen molar-refractivity contribution in [3.63, 3.8) is 0 Å². The summed E-state index contributed by atoms with van der Waals surface area (Å²) < 4.78 is 94.9. The number of rotatable bonds is 4. The second-order valence-electron chi connectivity index (χ2n) is 0.750. The van der Waals surface area contributed by atoms with Crippen LogP contribution in [0.25, 0.3) is 0 Å². The number of hydrogen-bond donors (Lipinski definition) is 0. The average Bonchev–Trinajstić information content (AvgIpc) is 2.12. The van der Waals surface area contributed by atoms with E-state index in [1.807, 2.05) is 0 Å². The van der Waals surface area contributed by atoms with Gasteiger partial charge in [0.2, 0.25) is 0 Å². The van der Waals surface area contributed by atoms with Gasteiger partial charge in [0, 0.05) is 17.8 Å². The Hall–Kier alpha value is 0. The predicted octanol–water partition coefficient (Wildman–Crippen LogP) is 2.98. The molecule has 0 rings (SSSR count). The summed E-state index contributed by atoms with van der Waals surface area (Å²) in [5.74, 6) is 0. The van der Waals surface area contributed by atoms with Gasteiger partial charge >= 0.3 is 0 Å². The first-order chi connectivity index (χ1) is 8.25. The summed E-state index contributed by atoms with van der Waals surface area (Å²) in [5.41, 5.74) is 0. The molecule has 0 heterocycles. The van der Waals surface area contributed by atoms with Gasteiger partial charge < -0.3 is 0 Å². The first-order valence-electron chi connectivity index (χ1n) is 8.25. The lowest BCUT2D eigenvalue weighted by Gasteiger charge is -1.90. The summed E-state index contributed by atoms with van der Waals surface area (Å²) in [5, 5.41) is 0. The lowest BCUT2D eigenvalue weighted by molar-refractivity contribution is 0.656. The van der Waals surface area contributed by atoms with Crippen LogP contribution in [0.2, 0.25) is 0 Å². The molecule has 0 amide bonds. The Morgan fingerprint density at radius 2 is 2.00 bits per heavy atom. The molecule has 0 fully saturated rings. The van der Waals surface area contributed by atoms with Crippen molar-refractivity contribution < 1.29 is 17.8 Å². The van der Waals surface area contributed by atoms with Crippen molar-refractivity contribution in [1.82, 2.24) is 0 Å². The summed E-state index contributed by atoms with van der Waals surface area (Å²) in [6.07, 6.45) is -17.5. The average molecular weight is 113 g/mol. The molecule has 0 N–H and O–H groups in total. The van der Waals surface area contributed by atoms with Gasteiger partial charge in [0.25, 0.3) is 0 Å². The maximum atomic E-state index is 7.51. The van der Waals surface area contributed by atoms with E-state index in [9.17, 15) is 0 Å². The van der Waals surface area contributed by atoms with E-state index in [1.54, 1.807) is 0 Å². The Kier molecular flexibility index (Phi) is 0.598. The van der Waals surface area contributed by atoms with Crippen LogP contribution in [0.3, 0.4) is 0 Å². The van der Waals surface area contributed by atoms with Crippen LogP contribution in [-0.4, -0.2) is 0 Å². The third-order valence-electron chi connectivity index (χ3n) is 0.312. The first kappa shape index (κ1) is 0.698. The molecule has 0 aliphatic heterocycles. The number of hydrogen-bond acceptors (Lipinski definition) is 0. The van der Waals surface area contributed by atoms with E-state index in [0.717, 1.165) is 0 Å². The molecule has 0 aromatic heterocycles. The lowest BCUT2D eigenvalue weighted by atomic mass is 10.2. The minimum absolute atomic E-state index is 0.672. The lowest BCUT2D eigenvalue weighted by Crippen LogP contribution is -1.70. The molecule has 0 radical (unpaired) electrons. The minimum Gasteiger partial charge on any atom is -0.0654 e. The molecular weight excluding hydrogens is 84.1 g/mol. The highest BCUT2D eigenvalue weighted by Crippen LogP contribution is 2.00. The Morgan fingerprint density at radius 3 is 2.57 bits per heavy atom. The minimum atomic E-state index is -3.79. The van der Waals surface area contributed by atoms with Gasteiger partial charge in [-0.3, -0.25) is 0 Å².